The fourth-order valence-electron chi connectivity index (χ4n) is 6.19. The number of hydrogen-bond acceptors (Lipinski definition) is 8. The lowest BCUT2D eigenvalue weighted by molar-refractivity contribution is -0.121. The van der Waals surface area contributed by atoms with Crippen molar-refractivity contribution in [2.24, 2.45) is 0 Å². The van der Waals surface area contributed by atoms with Crippen LogP contribution in [0.5, 0.6) is 17.2 Å². The number of amides is 1. The molecule has 1 atom stereocenters. The molecule has 44 heavy (non-hydrogen) atoms. The van der Waals surface area contributed by atoms with Gasteiger partial charge < -0.3 is 24.2 Å². The van der Waals surface area contributed by atoms with Crippen molar-refractivity contribution in [1.82, 2.24) is 4.90 Å². The largest absolute Gasteiger partial charge is 0.495 e. The van der Waals surface area contributed by atoms with Gasteiger partial charge in [0, 0.05) is 30.8 Å². The number of benzene rings is 3. The first-order chi connectivity index (χ1) is 21.1. The number of methoxy groups -OCH3 is 2. The number of ether oxygens (including phenoxy) is 3. The lowest BCUT2D eigenvalue weighted by Gasteiger charge is -2.33. The summed E-state index contributed by atoms with van der Waals surface area (Å²) in [6, 6.07) is 13.0. The first kappa shape index (κ1) is 32.0. The molecule has 12 heteroatoms. The van der Waals surface area contributed by atoms with Crippen LogP contribution in [0.15, 0.2) is 59.5 Å². The number of anilines is 1. The number of aliphatic hydroxyl groups excluding tert-OH is 1. The third kappa shape index (κ3) is 5.62. The van der Waals surface area contributed by atoms with Crippen LogP contribution in [0, 0.1) is 5.82 Å². The zero-order valence-electron chi connectivity index (χ0n) is 24.9. The van der Waals surface area contributed by atoms with Gasteiger partial charge in [0.1, 0.15) is 17.0 Å². The van der Waals surface area contributed by atoms with Gasteiger partial charge in [-0.2, -0.15) is 0 Å². The Morgan fingerprint density at radius 3 is 2.36 bits per heavy atom. The van der Waals surface area contributed by atoms with Crippen LogP contribution in [0.25, 0.3) is 0 Å². The molecule has 1 fully saturated rings. The summed E-state index contributed by atoms with van der Waals surface area (Å²) in [5.74, 6) is -0.758. The Morgan fingerprint density at radius 2 is 1.70 bits per heavy atom. The van der Waals surface area contributed by atoms with E-state index in [1.807, 2.05) is 0 Å². The van der Waals surface area contributed by atoms with E-state index < -0.39 is 27.2 Å². The second-order valence-corrected chi connectivity index (χ2v) is 13.1. The van der Waals surface area contributed by atoms with Crippen LogP contribution in [0.4, 0.5) is 10.1 Å². The predicted octanol–water partition coefficient (Wildman–Crippen LogP) is 5.15. The van der Waals surface area contributed by atoms with Gasteiger partial charge in [0.05, 0.1) is 42.5 Å². The number of carbonyl (C=O) groups is 1. The van der Waals surface area contributed by atoms with Gasteiger partial charge in [-0.05, 0) is 69.0 Å². The van der Waals surface area contributed by atoms with E-state index in [0.717, 1.165) is 4.31 Å². The van der Waals surface area contributed by atoms with Crippen molar-refractivity contribution >= 4 is 33.2 Å². The fraction of sp³-hybridized carbons (Fsp3) is 0.406. The van der Waals surface area contributed by atoms with E-state index >= 15 is 4.39 Å². The molecule has 0 aliphatic carbocycles. The zero-order chi connectivity index (χ0) is 31.6. The number of rotatable bonds is 11. The van der Waals surface area contributed by atoms with E-state index in [-0.39, 0.29) is 50.8 Å². The maximum atomic E-state index is 15.7. The van der Waals surface area contributed by atoms with Gasteiger partial charge in [-0.15, -0.1) is 0 Å². The highest BCUT2D eigenvalue weighted by Crippen LogP contribution is 2.54. The van der Waals surface area contributed by atoms with Crippen molar-refractivity contribution in [2.75, 3.05) is 44.8 Å². The maximum absolute atomic E-state index is 15.7. The van der Waals surface area contributed by atoms with E-state index in [1.54, 1.807) is 13.0 Å². The summed E-state index contributed by atoms with van der Waals surface area (Å²) < 4.78 is 61.6. The number of likely N-dealkylation sites (tertiary alicyclic amines) is 1. The van der Waals surface area contributed by atoms with E-state index in [0.29, 0.717) is 51.3 Å². The molecule has 2 aliphatic rings. The molecule has 0 saturated carbocycles. The van der Waals surface area contributed by atoms with Crippen molar-refractivity contribution in [3.05, 3.63) is 76.6 Å². The van der Waals surface area contributed by atoms with Crippen molar-refractivity contribution in [1.29, 1.82) is 0 Å². The van der Waals surface area contributed by atoms with E-state index in [2.05, 4.69) is 4.90 Å². The Balaban J connectivity index is 1.66. The van der Waals surface area contributed by atoms with Crippen LogP contribution in [-0.4, -0.2) is 70.9 Å². The highest BCUT2D eigenvalue weighted by atomic mass is 35.5. The Bertz CT molecular complexity index is 1650. The minimum Gasteiger partial charge on any atom is -0.495 e. The standard InChI is InChI=1S/C32H36ClFN2O7S/c1-4-43-28-11-10-22(18-30(28)42-3)44(39,40)36-27-20-29(41-2)25(33)19-24(27)32(31(36)38,23-8-5-6-9-26(23)34)14-7-15-35-16-12-21(37)13-17-35/h5-6,8-11,18-21,37H,4,7,12-17H2,1-3H3. The van der Waals surface area contributed by atoms with E-state index in [9.17, 15) is 18.3 Å². The number of sulfonamides is 1. The van der Waals surface area contributed by atoms with Crippen LogP contribution >= 0.6 is 11.6 Å². The molecule has 3 aromatic rings. The van der Waals surface area contributed by atoms with Crippen LogP contribution in [-0.2, 0) is 20.2 Å². The molecule has 1 unspecified atom stereocenters. The van der Waals surface area contributed by atoms with Crippen molar-refractivity contribution in [3.8, 4) is 17.2 Å². The molecule has 0 aromatic heterocycles. The van der Waals surface area contributed by atoms with Crippen LogP contribution in [0.1, 0.15) is 43.7 Å². The first-order valence-electron chi connectivity index (χ1n) is 14.5. The summed E-state index contributed by atoms with van der Waals surface area (Å²) in [6.07, 6.45) is 1.52. The number of nitrogens with zero attached hydrogens (tertiary/aromatic N) is 2. The minimum atomic E-state index is -4.56. The van der Waals surface area contributed by atoms with Crippen LogP contribution in [0.2, 0.25) is 5.02 Å². The summed E-state index contributed by atoms with van der Waals surface area (Å²) >= 11 is 6.59. The summed E-state index contributed by atoms with van der Waals surface area (Å²) in [5, 5.41) is 10.1. The molecule has 2 aliphatic heterocycles. The average molecular weight is 647 g/mol. The van der Waals surface area contributed by atoms with Gasteiger partial charge in [0.2, 0.25) is 0 Å². The Morgan fingerprint density at radius 1 is 1.00 bits per heavy atom. The van der Waals surface area contributed by atoms with E-state index in [1.165, 1.54) is 62.8 Å². The molecule has 1 saturated heterocycles. The molecule has 5 rings (SSSR count). The third-order valence-electron chi connectivity index (χ3n) is 8.39. The smallest absolute Gasteiger partial charge is 0.271 e. The van der Waals surface area contributed by atoms with Crippen molar-refractivity contribution in [2.45, 2.75) is 49.0 Å². The Hall–Kier alpha value is -3.38. The summed E-state index contributed by atoms with van der Waals surface area (Å²) in [7, 11) is -1.78. The quantitative estimate of drug-likeness (QED) is 0.305. The van der Waals surface area contributed by atoms with Gasteiger partial charge in [-0.1, -0.05) is 29.8 Å². The molecule has 1 N–H and O–H groups in total. The zero-order valence-corrected chi connectivity index (χ0v) is 26.5. The Labute approximate surface area is 262 Å². The van der Waals surface area contributed by atoms with Crippen molar-refractivity contribution < 1.29 is 36.9 Å². The molecule has 1 amide bonds. The number of aliphatic hydroxyl groups is 1. The highest BCUT2D eigenvalue weighted by Gasteiger charge is 2.57. The fourth-order valence-corrected chi connectivity index (χ4v) is 7.92. The number of halogens is 2. The van der Waals surface area contributed by atoms with Gasteiger partial charge >= 0.3 is 0 Å². The second-order valence-electron chi connectivity index (χ2n) is 10.9. The topological polar surface area (TPSA) is 106 Å². The highest BCUT2D eigenvalue weighted by molar-refractivity contribution is 7.93. The number of fused-ring (bicyclic) bond motifs is 1. The maximum Gasteiger partial charge on any atom is 0.271 e. The minimum absolute atomic E-state index is 0.0356. The molecule has 9 nitrogen and oxygen atoms in total. The third-order valence-corrected chi connectivity index (χ3v) is 10.4. The number of piperidine rings is 1. The van der Waals surface area contributed by atoms with Gasteiger partial charge in [-0.25, -0.2) is 17.1 Å². The molecule has 3 aromatic carbocycles. The molecular formula is C32H36ClFN2O7S. The molecule has 0 spiro atoms. The number of carbonyl (C=O) groups excluding carboxylic acids is 1. The normalized spacial score (nSPS) is 19.2. The molecule has 0 radical (unpaired) electrons. The van der Waals surface area contributed by atoms with Gasteiger partial charge in [0.25, 0.3) is 15.9 Å². The lowest BCUT2D eigenvalue weighted by Crippen LogP contribution is -2.45. The Kier molecular flexibility index (Phi) is 9.41. The molecule has 0 bridgehead atoms. The second kappa shape index (κ2) is 12.9. The summed E-state index contributed by atoms with van der Waals surface area (Å²) in [4.78, 5) is 16.8. The van der Waals surface area contributed by atoms with Crippen LogP contribution < -0.4 is 18.5 Å². The lowest BCUT2D eigenvalue weighted by atomic mass is 9.71. The summed E-state index contributed by atoms with van der Waals surface area (Å²) in [6.45, 7) is 4.10. The average Bonchev–Trinajstić information content (AvgIpc) is 3.25. The SMILES string of the molecule is CCOc1ccc(S(=O)(=O)N2C(=O)C(CCCN3CCC(O)CC3)(c3ccccc3F)c3cc(Cl)c(OC)cc32)cc1OC. The molecule has 236 valence electrons. The van der Waals surface area contributed by atoms with E-state index in [4.69, 9.17) is 25.8 Å². The predicted molar refractivity (Wildman–Crippen MR) is 165 cm³/mol. The first-order valence-corrected chi connectivity index (χ1v) is 16.3. The molecular weight excluding hydrogens is 611 g/mol. The number of hydrogen-bond donors (Lipinski definition) is 1. The van der Waals surface area contributed by atoms with Gasteiger partial charge in [-0.3, -0.25) is 4.79 Å². The monoisotopic (exact) mass is 646 g/mol. The summed E-state index contributed by atoms with van der Waals surface area (Å²) in [5.41, 5.74) is -1.33. The molecule has 2 heterocycles. The van der Waals surface area contributed by atoms with Crippen molar-refractivity contribution in [3.63, 3.8) is 0 Å². The van der Waals surface area contributed by atoms with Gasteiger partial charge in [0.15, 0.2) is 11.5 Å². The van der Waals surface area contributed by atoms with Crippen LogP contribution in [0.3, 0.4) is 0 Å².